The molecule has 3 aromatic carbocycles. The van der Waals surface area contributed by atoms with Crippen LogP contribution in [0.2, 0.25) is 0 Å². The van der Waals surface area contributed by atoms with E-state index < -0.39 is 4.75 Å². The first-order valence-electron chi connectivity index (χ1n) is 10.2. The minimum atomic E-state index is -1.25. The van der Waals surface area contributed by atoms with Crippen LogP contribution in [-0.4, -0.2) is 23.1 Å². The first kappa shape index (κ1) is 21.0. The number of thioether (sulfide) groups is 1. The molecule has 2 amide bonds. The van der Waals surface area contributed by atoms with Crippen molar-refractivity contribution in [2.75, 3.05) is 16.8 Å². The molecule has 0 aliphatic carbocycles. The summed E-state index contributed by atoms with van der Waals surface area (Å²) in [5.74, 6) is 0.239. The average Bonchev–Trinajstić information content (AvgIpc) is 2.79. The first-order valence-corrected chi connectivity index (χ1v) is 11.0. The topological polar surface area (TPSA) is 58.6 Å². The summed E-state index contributed by atoms with van der Waals surface area (Å²) in [6.45, 7) is 4.50. The number of carbonyl (C=O) groups excluding carboxylic acids is 2. The van der Waals surface area contributed by atoms with E-state index in [4.69, 9.17) is 4.74 Å². The number of nitrogens with one attached hydrogen (secondary N) is 1. The monoisotopic (exact) mass is 432 g/mol. The van der Waals surface area contributed by atoms with Gasteiger partial charge in [0.25, 0.3) is 5.91 Å². The molecule has 0 aromatic heterocycles. The molecule has 31 heavy (non-hydrogen) atoms. The summed E-state index contributed by atoms with van der Waals surface area (Å²) in [6, 6.07) is 24.8. The van der Waals surface area contributed by atoms with E-state index in [0.29, 0.717) is 18.8 Å². The predicted octanol–water partition coefficient (Wildman–Crippen LogP) is 5.12. The summed E-state index contributed by atoms with van der Waals surface area (Å²) in [4.78, 5) is 29.1. The van der Waals surface area contributed by atoms with E-state index in [1.807, 2.05) is 85.8 Å². The molecule has 1 aliphatic heterocycles. The summed E-state index contributed by atoms with van der Waals surface area (Å²) >= 11 is 1.30. The molecule has 0 fully saturated rings. The van der Waals surface area contributed by atoms with Crippen LogP contribution in [0.5, 0.6) is 5.75 Å². The summed E-state index contributed by atoms with van der Waals surface area (Å²) < 4.78 is 4.55. The van der Waals surface area contributed by atoms with Crippen LogP contribution in [0.15, 0.2) is 83.8 Å². The number of anilines is 2. The second-order valence-corrected chi connectivity index (χ2v) is 8.87. The molecule has 0 saturated heterocycles. The molecule has 0 saturated carbocycles. The smallest absolute Gasteiger partial charge is 0.252 e. The lowest BCUT2D eigenvalue weighted by Gasteiger charge is -2.38. The number of hydrogen-bond donors (Lipinski definition) is 1. The highest BCUT2D eigenvalue weighted by Crippen LogP contribution is 2.45. The SMILES string of the molecule is CCN1C(=O)C(C)(C(=O)Nc2cccc(COc3ccccc3)c2)Sc2ccccc21. The molecule has 1 N–H and O–H groups in total. The Morgan fingerprint density at radius 2 is 1.77 bits per heavy atom. The van der Waals surface area contributed by atoms with Crippen molar-refractivity contribution in [3.05, 3.63) is 84.4 Å². The highest BCUT2D eigenvalue weighted by atomic mass is 32.2. The average molecular weight is 433 g/mol. The van der Waals surface area contributed by atoms with Crippen molar-refractivity contribution in [2.24, 2.45) is 0 Å². The number of carbonyl (C=O) groups is 2. The largest absolute Gasteiger partial charge is 0.489 e. The second-order valence-electron chi connectivity index (χ2n) is 7.41. The van der Waals surface area contributed by atoms with Crippen LogP contribution < -0.4 is 15.0 Å². The van der Waals surface area contributed by atoms with Gasteiger partial charge in [-0.05, 0) is 55.8 Å². The fourth-order valence-corrected chi connectivity index (χ4v) is 4.74. The van der Waals surface area contributed by atoms with Gasteiger partial charge in [-0.2, -0.15) is 0 Å². The molecule has 4 rings (SSSR count). The molecule has 5 nitrogen and oxygen atoms in total. The zero-order valence-corrected chi connectivity index (χ0v) is 18.3. The van der Waals surface area contributed by atoms with E-state index in [2.05, 4.69) is 5.32 Å². The van der Waals surface area contributed by atoms with E-state index in [1.54, 1.807) is 11.8 Å². The zero-order valence-electron chi connectivity index (χ0n) is 17.5. The Balaban J connectivity index is 1.51. The third-order valence-electron chi connectivity index (χ3n) is 5.21. The summed E-state index contributed by atoms with van der Waals surface area (Å²) in [5, 5.41) is 2.93. The van der Waals surface area contributed by atoms with Gasteiger partial charge in [-0.25, -0.2) is 0 Å². The van der Waals surface area contributed by atoms with Crippen molar-refractivity contribution in [2.45, 2.75) is 30.1 Å². The highest BCUT2D eigenvalue weighted by molar-refractivity contribution is 8.02. The maximum Gasteiger partial charge on any atom is 0.252 e. The van der Waals surface area contributed by atoms with Gasteiger partial charge in [0.15, 0.2) is 4.75 Å². The van der Waals surface area contributed by atoms with Crippen molar-refractivity contribution in [1.29, 1.82) is 0 Å². The van der Waals surface area contributed by atoms with Gasteiger partial charge in [-0.3, -0.25) is 9.59 Å². The van der Waals surface area contributed by atoms with Crippen molar-refractivity contribution < 1.29 is 14.3 Å². The standard InChI is InChI=1S/C25H24N2O3S/c1-3-27-21-14-7-8-15-22(21)31-25(2,24(27)29)23(28)26-19-11-9-10-18(16-19)17-30-20-12-5-4-6-13-20/h4-16H,3,17H2,1-2H3,(H,26,28). The lowest BCUT2D eigenvalue weighted by atomic mass is 10.1. The van der Waals surface area contributed by atoms with Crippen LogP contribution in [0.1, 0.15) is 19.4 Å². The second kappa shape index (κ2) is 8.86. The Morgan fingerprint density at radius 1 is 1.03 bits per heavy atom. The Labute approximate surface area is 186 Å². The molecule has 1 unspecified atom stereocenters. The summed E-state index contributed by atoms with van der Waals surface area (Å²) in [7, 11) is 0. The van der Waals surface area contributed by atoms with Gasteiger partial charge >= 0.3 is 0 Å². The highest BCUT2D eigenvalue weighted by Gasteiger charge is 2.48. The third-order valence-corrected chi connectivity index (χ3v) is 6.54. The van der Waals surface area contributed by atoms with Gasteiger partial charge in [0.1, 0.15) is 12.4 Å². The molecule has 1 aliphatic rings. The van der Waals surface area contributed by atoms with E-state index in [1.165, 1.54) is 11.8 Å². The van der Waals surface area contributed by atoms with Gasteiger partial charge < -0.3 is 15.0 Å². The Hall–Kier alpha value is -3.25. The van der Waals surface area contributed by atoms with E-state index in [9.17, 15) is 9.59 Å². The number of benzene rings is 3. The molecule has 158 valence electrons. The maximum absolute atomic E-state index is 13.3. The number of rotatable bonds is 6. The molecule has 3 aromatic rings. The van der Waals surface area contributed by atoms with Crippen molar-refractivity contribution >= 4 is 35.0 Å². The predicted molar refractivity (Wildman–Crippen MR) is 125 cm³/mol. The number of nitrogens with zero attached hydrogens (tertiary/aromatic N) is 1. The lowest BCUT2D eigenvalue weighted by molar-refractivity contribution is -0.128. The quantitative estimate of drug-likeness (QED) is 0.549. The lowest BCUT2D eigenvalue weighted by Crippen LogP contribution is -2.54. The zero-order chi connectivity index (χ0) is 21.8. The van der Waals surface area contributed by atoms with E-state index in [0.717, 1.165) is 21.9 Å². The number of fused-ring (bicyclic) bond motifs is 1. The van der Waals surface area contributed by atoms with Crippen molar-refractivity contribution in [3.63, 3.8) is 0 Å². The number of para-hydroxylation sites is 2. The van der Waals surface area contributed by atoms with Crippen LogP contribution >= 0.6 is 11.8 Å². The minimum Gasteiger partial charge on any atom is -0.489 e. The number of amides is 2. The Kier molecular flexibility index (Phi) is 6.00. The molecule has 0 radical (unpaired) electrons. The van der Waals surface area contributed by atoms with Crippen molar-refractivity contribution in [3.8, 4) is 5.75 Å². The fourth-order valence-electron chi connectivity index (χ4n) is 3.53. The van der Waals surface area contributed by atoms with Gasteiger partial charge in [0, 0.05) is 17.1 Å². The van der Waals surface area contributed by atoms with Crippen LogP contribution in [-0.2, 0) is 16.2 Å². The molecular weight excluding hydrogens is 408 g/mol. The molecule has 0 bridgehead atoms. The summed E-state index contributed by atoms with van der Waals surface area (Å²) in [5.41, 5.74) is 2.41. The van der Waals surface area contributed by atoms with Crippen molar-refractivity contribution in [1.82, 2.24) is 0 Å². The van der Waals surface area contributed by atoms with Crippen LogP contribution in [0.25, 0.3) is 0 Å². The van der Waals surface area contributed by atoms with Crippen LogP contribution in [0.4, 0.5) is 11.4 Å². The van der Waals surface area contributed by atoms with Crippen LogP contribution in [0, 0.1) is 0 Å². The van der Waals surface area contributed by atoms with Gasteiger partial charge in [-0.15, -0.1) is 0 Å². The van der Waals surface area contributed by atoms with Gasteiger partial charge in [-0.1, -0.05) is 54.2 Å². The van der Waals surface area contributed by atoms with Crippen LogP contribution in [0.3, 0.4) is 0 Å². The summed E-state index contributed by atoms with van der Waals surface area (Å²) in [6.07, 6.45) is 0. The first-order chi connectivity index (χ1) is 15.0. The fraction of sp³-hybridized carbons (Fsp3) is 0.200. The third kappa shape index (κ3) is 4.30. The van der Waals surface area contributed by atoms with E-state index >= 15 is 0 Å². The maximum atomic E-state index is 13.3. The molecular formula is C25H24N2O3S. The molecule has 1 atom stereocenters. The number of hydrogen-bond acceptors (Lipinski definition) is 4. The van der Waals surface area contributed by atoms with E-state index in [-0.39, 0.29) is 11.8 Å². The Morgan fingerprint density at radius 3 is 2.55 bits per heavy atom. The molecule has 0 spiro atoms. The minimum absolute atomic E-state index is 0.209. The molecule has 1 heterocycles. The van der Waals surface area contributed by atoms with Gasteiger partial charge in [0.2, 0.25) is 5.91 Å². The molecule has 6 heteroatoms. The Bertz CT molecular complexity index is 1100. The normalized spacial score (nSPS) is 17.7. The number of ether oxygens (including phenoxy) is 1. The van der Waals surface area contributed by atoms with Gasteiger partial charge in [0.05, 0.1) is 5.69 Å².